The summed E-state index contributed by atoms with van der Waals surface area (Å²) >= 11 is 0. The molecular formula is C14H23N3. The summed E-state index contributed by atoms with van der Waals surface area (Å²) in [5.74, 6) is 0. The van der Waals surface area contributed by atoms with Crippen LogP contribution in [0.25, 0.3) is 0 Å². The largest absolute Gasteiger partial charge is 0.294 e. The minimum Gasteiger partial charge on any atom is -0.294 e. The van der Waals surface area contributed by atoms with Crippen molar-refractivity contribution in [1.29, 1.82) is 5.26 Å². The van der Waals surface area contributed by atoms with Crippen molar-refractivity contribution >= 4 is 0 Å². The number of piperazine rings is 1. The molecule has 94 valence electrons. The number of allylic oxidation sites excluding steroid dienone is 1. The van der Waals surface area contributed by atoms with Gasteiger partial charge in [0.2, 0.25) is 0 Å². The van der Waals surface area contributed by atoms with E-state index < -0.39 is 0 Å². The van der Waals surface area contributed by atoms with Crippen molar-refractivity contribution in [3.63, 3.8) is 0 Å². The van der Waals surface area contributed by atoms with Gasteiger partial charge in [0.15, 0.2) is 0 Å². The van der Waals surface area contributed by atoms with Gasteiger partial charge < -0.3 is 0 Å². The lowest BCUT2D eigenvalue weighted by Crippen LogP contribution is -2.52. The van der Waals surface area contributed by atoms with Crippen LogP contribution in [0.1, 0.15) is 32.6 Å². The third kappa shape index (κ3) is 3.08. The van der Waals surface area contributed by atoms with Crippen molar-refractivity contribution in [2.24, 2.45) is 0 Å². The summed E-state index contributed by atoms with van der Waals surface area (Å²) in [7, 11) is 0. The van der Waals surface area contributed by atoms with Crippen molar-refractivity contribution in [2.75, 3.05) is 26.2 Å². The van der Waals surface area contributed by atoms with Crippen LogP contribution in [0, 0.1) is 11.3 Å². The summed E-state index contributed by atoms with van der Waals surface area (Å²) in [6.07, 6.45) is 9.54. The maximum atomic E-state index is 9.08. The Labute approximate surface area is 105 Å². The number of rotatable bonds is 3. The van der Waals surface area contributed by atoms with E-state index in [4.69, 9.17) is 5.26 Å². The zero-order chi connectivity index (χ0) is 12.1. The van der Waals surface area contributed by atoms with Gasteiger partial charge in [0, 0.05) is 32.2 Å². The molecule has 0 N–H and O–H groups in total. The molecule has 3 heteroatoms. The summed E-state index contributed by atoms with van der Waals surface area (Å²) < 4.78 is 0. The summed E-state index contributed by atoms with van der Waals surface area (Å²) in [5, 5.41) is 9.08. The molecule has 0 aromatic rings. The molecule has 0 spiro atoms. The van der Waals surface area contributed by atoms with E-state index in [1.165, 1.54) is 19.3 Å². The van der Waals surface area contributed by atoms with Crippen LogP contribution in [-0.4, -0.2) is 48.1 Å². The summed E-state index contributed by atoms with van der Waals surface area (Å²) in [6.45, 7) is 6.44. The molecule has 0 amide bonds. The van der Waals surface area contributed by atoms with Gasteiger partial charge in [-0.05, 0) is 25.7 Å². The third-order valence-electron chi connectivity index (χ3n) is 4.02. The SMILES string of the molecule is CCC(C#N)N1CCN(C2C=CCCC2)CC1. The van der Waals surface area contributed by atoms with Gasteiger partial charge in [-0.25, -0.2) is 0 Å². The minimum atomic E-state index is 0.124. The Bertz CT molecular complexity index is 297. The molecule has 0 radical (unpaired) electrons. The van der Waals surface area contributed by atoms with E-state index in [1.54, 1.807) is 0 Å². The second kappa shape index (κ2) is 6.18. The fraction of sp³-hybridized carbons (Fsp3) is 0.786. The Hall–Kier alpha value is -0.850. The van der Waals surface area contributed by atoms with Crippen molar-refractivity contribution in [3.05, 3.63) is 12.2 Å². The average Bonchev–Trinajstić information content (AvgIpc) is 2.42. The molecule has 1 fully saturated rings. The Morgan fingerprint density at radius 2 is 2.12 bits per heavy atom. The Kier molecular flexibility index (Phi) is 4.58. The lowest BCUT2D eigenvalue weighted by molar-refractivity contribution is 0.0905. The van der Waals surface area contributed by atoms with E-state index in [-0.39, 0.29) is 6.04 Å². The van der Waals surface area contributed by atoms with Crippen LogP contribution >= 0.6 is 0 Å². The van der Waals surface area contributed by atoms with Crippen LogP contribution in [0.4, 0.5) is 0 Å². The highest BCUT2D eigenvalue weighted by molar-refractivity contribution is 5.00. The standard InChI is InChI=1S/C14H23N3/c1-2-13(12-15)16-8-10-17(11-9-16)14-6-4-3-5-7-14/h4,6,13-14H,2-3,5,7-11H2,1H3. The molecule has 2 aliphatic rings. The van der Waals surface area contributed by atoms with Crippen LogP contribution in [0.5, 0.6) is 0 Å². The van der Waals surface area contributed by atoms with Gasteiger partial charge in [-0.2, -0.15) is 5.26 Å². The number of nitriles is 1. The first kappa shape index (κ1) is 12.6. The van der Waals surface area contributed by atoms with Crippen LogP contribution < -0.4 is 0 Å². The molecule has 0 aromatic carbocycles. The molecule has 0 bridgehead atoms. The molecule has 3 nitrogen and oxygen atoms in total. The minimum absolute atomic E-state index is 0.124. The van der Waals surface area contributed by atoms with E-state index in [0.29, 0.717) is 6.04 Å². The van der Waals surface area contributed by atoms with E-state index >= 15 is 0 Å². The van der Waals surface area contributed by atoms with Gasteiger partial charge in [-0.1, -0.05) is 19.1 Å². The molecule has 1 heterocycles. The van der Waals surface area contributed by atoms with Crippen LogP contribution in [-0.2, 0) is 0 Å². The zero-order valence-corrected chi connectivity index (χ0v) is 10.8. The van der Waals surface area contributed by atoms with Crippen molar-refractivity contribution in [3.8, 4) is 6.07 Å². The topological polar surface area (TPSA) is 30.3 Å². The quantitative estimate of drug-likeness (QED) is 0.699. The predicted octanol–water partition coefficient (Wildman–Crippen LogP) is 2.01. The van der Waals surface area contributed by atoms with E-state index in [2.05, 4.69) is 34.9 Å². The molecule has 1 aliphatic carbocycles. The Morgan fingerprint density at radius 1 is 1.35 bits per heavy atom. The van der Waals surface area contributed by atoms with Crippen LogP contribution in [0.3, 0.4) is 0 Å². The van der Waals surface area contributed by atoms with Crippen LogP contribution in [0.15, 0.2) is 12.2 Å². The van der Waals surface area contributed by atoms with Gasteiger partial charge in [-0.3, -0.25) is 9.80 Å². The molecule has 1 aliphatic heterocycles. The molecule has 1 saturated heterocycles. The first-order chi connectivity index (χ1) is 8.35. The van der Waals surface area contributed by atoms with Gasteiger partial charge in [0.25, 0.3) is 0 Å². The molecule has 2 rings (SSSR count). The number of hydrogen-bond acceptors (Lipinski definition) is 3. The summed E-state index contributed by atoms with van der Waals surface area (Å²) in [5.41, 5.74) is 0. The molecule has 0 saturated carbocycles. The number of nitrogens with zero attached hydrogens (tertiary/aromatic N) is 3. The van der Waals surface area contributed by atoms with Gasteiger partial charge >= 0.3 is 0 Å². The monoisotopic (exact) mass is 233 g/mol. The van der Waals surface area contributed by atoms with E-state index in [0.717, 1.165) is 32.6 Å². The third-order valence-corrected chi connectivity index (χ3v) is 4.02. The highest BCUT2D eigenvalue weighted by Crippen LogP contribution is 2.19. The van der Waals surface area contributed by atoms with Crippen molar-refractivity contribution < 1.29 is 0 Å². The smallest absolute Gasteiger partial charge is 0.0976 e. The van der Waals surface area contributed by atoms with Crippen molar-refractivity contribution in [1.82, 2.24) is 9.80 Å². The van der Waals surface area contributed by atoms with Gasteiger partial charge in [-0.15, -0.1) is 0 Å². The molecule has 17 heavy (non-hydrogen) atoms. The number of hydrogen-bond donors (Lipinski definition) is 0. The van der Waals surface area contributed by atoms with Crippen LogP contribution in [0.2, 0.25) is 0 Å². The van der Waals surface area contributed by atoms with Gasteiger partial charge in [0.05, 0.1) is 12.1 Å². The fourth-order valence-corrected chi connectivity index (χ4v) is 2.91. The highest BCUT2D eigenvalue weighted by Gasteiger charge is 2.26. The molecule has 2 unspecified atom stereocenters. The van der Waals surface area contributed by atoms with E-state index in [1.807, 2.05) is 0 Å². The Morgan fingerprint density at radius 3 is 2.65 bits per heavy atom. The normalized spacial score (nSPS) is 28.8. The van der Waals surface area contributed by atoms with Crippen molar-refractivity contribution in [2.45, 2.75) is 44.7 Å². The van der Waals surface area contributed by atoms with Gasteiger partial charge in [0.1, 0.15) is 0 Å². The first-order valence-electron chi connectivity index (χ1n) is 6.89. The predicted molar refractivity (Wildman–Crippen MR) is 69.6 cm³/mol. The zero-order valence-electron chi connectivity index (χ0n) is 10.8. The average molecular weight is 233 g/mol. The molecule has 0 aromatic heterocycles. The maximum absolute atomic E-state index is 9.08. The molecular weight excluding hydrogens is 210 g/mol. The lowest BCUT2D eigenvalue weighted by Gasteiger charge is -2.40. The highest BCUT2D eigenvalue weighted by atomic mass is 15.3. The first-order valence-corrected chi connectivity index (χ1v) is 6.89. The molecule has 2 atom stereocenters. The van der Waals surface area contributed by atoms with E-state index in [9.17, 15) is 0 Å². The maximum Gasteiger partial charge on any atom is 0.0976 e. The Balaban J connectivity index is 1.83. The second-order valence-electron chi connectivity index (χ2n) is 5.05. The summed E-state index contributed by atoms with van der Waals surface area (Å²) in [6, 6.07) is 3.19. The summed E-state index contributed by atoms with van der Waals surface area (Å²) in [4.78, 5) is 4.92. The second-order valence-corrected chi connectivity index (χ2v) is 5.05. The fourth-order valence-electron chi connectivity index (χ4n) is 2.91. The lowest BCUT2D eigenvalue weighted by atomic mass is 10.0.